The maximum Gasteiger partial charge on any atom is 0.230 e. The highest BCUT2D eigenvalue weighted by molar-refractivity contribution is 7.99. The van der Waals surface area contributed by atoms with Crippen molar-refractivity contribution in [3.8, 4) is 0 Å². The number of hydrogen-bond acceptors (Lipinski definition) is 3. The van der Waals surface area contributed by atoms with Crippen LogP contribution in [0.2, 0.25) is 0 Å². The SMILES string of the molecule is CCCC(C)NC(=O)CSc1nc(C)c(C)n1C1CCCCC1. The van der Waals surface area contributed by atoms with Crippen molar-refractivity contribution < 1.29 is 4.79 Å². The molecule has 0 aliphatic heterocycles. The van der Waals surface area contributed by atoms with Gasteiger partial charge in [0.1, 0.15) is 0 Å². The van der Waals surface area contributed by atoms with E-state index in [9.17, 15) is 4.79 Å². The number of carbonyl (C=O) groups is 1. The molecule has 2 rings (SSSR count). The second kappa shape index (κ2) is 8.76. The molecule has 1 unspecified atom stereocenters. The fraction of sp³-hybridized carbons (Fsp3) is 0.778. The highest BCUT2D eigenvalue weighted by Crippen LogP contribution is 2.34. The third-order valence-corrected chi connectivity index (χ3v) is 5.71. The molecule has 1 fully saturated rings. The summed E-state index contributed by atoms with van der Waals surface area (Å²) in [5.41, 5.74) is 2.36. The van der Waals surface area contributed by atoms with Crippen molar-refractivity contribution in [1.82, 2.24) is 14.9 Å². The van der Waals surface area contributed by atoms with Crippen molar-refractivity contribution in [1.29, 1.82) is 0 Å². The third-order valence-electron chi connectivity index (χ3n) is 4.76. The summed E-state index contributed by atoms with van der Waals surface area (Å²) in [6, 6.07) is 0.823. The summed E-state index contributed by atoms with van der Waals surface area (Å²) in [7, 11) is 0. The van der Waals surface area contributed by atoms with Crippen LogP contribution in [0, 0.1) is 13.8 Å². The Hall–Kier alpha value is -0.970. The molecule has 0 spiro atoms. The van der Waals surface area contributed by atoms with E-state index in [0.717, 1.165) is 23.7 Å². The molecule has 0 saturated heterocycles. The van der Waals surface area contributed by atoms with Gasteiger partial charge in [-0.3, -0.25) is 4.79 Å². The van der Waals surface area contributed by atoms with Gasteiger partial charge in [0.2, 0.25) is 5.91 Å². The summed E-state index contributed by atoms with van der Waals surface area (Å²) in [6.45, 7) is 8.44. The molecule has 1 amide bonds. The number of nitrogens with zero attached hydrogens (tertiary/aromatic N) is 2. The van der Waals surface area contributed by atoms with Gasteiger partial charge in [0.05, 0.1) is 11.4 Å². The van der Waals surface area contributed by atoms with Gasteiger partial charge in [-0.05, 0) is 40.0 Å². The van der Waals surface area contributed by atoms with Crippen molar-refractivity contribution in [3.63, 3.8) is 0 Å². The molecule has 1 atom stereocenters. The first-order valence-corrected chi connectivity index (χ1v) is 9.99. The molecule has 130 valence electrons. The van der Waals surface area contributed by atoms with Gasteiger partial charge in [-0.15, -0.1) is 0 Å². The van der Waals surface area contributed by atoms with Gasteiger partial charge in [0.25, 0.3) is 0 Å². The summed E-state index contributed by atoms with van der Waals surface area (Å²) in [6.07, 6.45) is 8.57. The molecule has 1 aliphatic carbocycles. The van der Waals surface area contributed by atoms with Gasteiger partial charge in [-0.2, -0.15) is 0 Å². The molecule has 4 nitrogen and oxygen atoms in total. The van der Waals surface area contributed by atoms with Gasteiger partial charge >= 0.3 is 0 Å². The molecule has 1 N–H and O–H groups in total. The monoisotopic (exact) mass is 337 g/mol. The minimum Gasteiger partial charge on any atom is -0.353 e. The molecule has 5 heteroatoms. The molecule has 0 radical (unpaired) electrons. The first kappa shape index (κ1) is 18.4. The van der Waals surface area contributed by atoms with Crippen molar-refractivity contribution in [2.24, 2.45) is 0 Å². The molecule has 1 saturated carbocycles. The normalized spacial score (nSPS) is 17.2. The topological polar surface area (TPSA) is 46.9 Å². The van der Waals surface area contributed by atoms with Crippen LogP contribution in [-0.2, 0) is 4.79 Å². The second-order valence-electron chi connectivity index (χ2n) is 6.77. The predicted octanol–water partition coefficient (Wildman–Crippen LogP) is 4.40. The molecule has 1 heterocycles. The number of nitrogens with one attached hydrogen (secondary N) is 1. The highest BCUT2D eigenvalue weighted by Gasteiger charge is 2.22. The number of imidazole rings is 1. The number of aryl methyl sites for hydroxylation is 1. The minimum atomic E-state index is 0.115. The molecule has 1 aliphatic rings. The number of thioether (sulfide) groups is 1. The van der Waals surface area contributed by atoms with Crippen LogP contribution < -0.4 is 5.32 Å². The van der Waals surface area contributed by atoms with Gasteiger partial charge in [0, 0.05) is 17.8 Å². The first-order valence-electron chi connectivity index (χ1n) is 9.00. The Morgan fingerprint density at radius 1 is 1.35 bits per heavy atom. The van der Waals surface area contributed by atoms with E-state index in [1.807, 2.05) is 0 Å². The Morgan fingerprint density at radius 3 is 2.70 bits per heavy atom. The number of rotatable bonds is 7. The van der Waals surface area contributed by atoms with E-state index in [0.29, 0.717) is 11.8 Å². The van der Waals surface area contributed by atoms with Crippen LogP contribution in [0.1, 0.15) is 76.2 Å². The van der Waals surface area contributed by atoms with Crippen LogP contribution in [0.4, 0.5) is 0 Å². The third kappa shape index (κ3) is 5.00. The van der Waals surface area contributed by atoms with Crippen molar-refractivity contribution in [2.45, 2.75) is 89.9 Å². The van der Waals surface area contributed by atoms with E-state index in [1.165, 1.54) is 37.8 Å². The largest absolute Gasteiger partial charge is 0.353 e. The van der Waals surface area contributed by atoms with Crippen LogP contribution in [0.3, 0.4) is 0 Å². The lowest BCUT2D eigenvalue weighted by Crippen LogP contribution is -2.33. The summed E-state index contributed by atoms with van der Waals surface area (Å²) in [5, 5.41) is 4.09. The molecular weight excluding hydrogens is 306 g/mol. The van der Waals surface area contributed by atoms with Gasteiger partial charge in [-0.1, -0.05) is 44.4 Å². The lowest BCUT2D eigenvalue weighted by Gasteiger charge is -2.26. The molecule has 0 aromatic carbocycles. The summed E-state index contributed by atoms with van der Waals surface area (Å²) < 4.78 is 2.39. The highest BCUT2D eigenvalue weighted by atomic mass is 32.2. The molecule has 1 aromatic rings. The Balaban J connectivity index is 1.99. The number of aromatic nitrogens is 2. The predicted molar refractivity (Wildman–Crippen MR) is 97.1 cm³/mol. The van der Waals surface area contributed by atoms with Crippen LogP contribution in [-0.4, -0.2) is 27.3 Å². The maximum absolute atomic E-state index is 12.1. The van der Waals surface area contributed by atoms with Crippen LogP contribution in [0.15, 0.2) is 5.16 Å². The van der Waals surface area contributed by atoms with Crippen molar-refractivity contribution in [3.05, 3.63) is 11.4 Å². The van der Waals surface area contributed by atoms with Crippen molar-refractivity contribution >= 4 is 17.7 Å². The van der Waals surface area contributed by atoms with Gasteiger partial charge < -0.3 is 9.88 Å². The molecule has 23 heavy (non-hydrogen) atoms. The van der Waals surface area contributed by atoms with Crippen LogP contribution >= 0.6 is 11.8 Å². The van der Waals surface area contributed by atoms with E-state index < -0.39 is 0 Å². The lowest BCUT2D eigenvalue weighted by molar-refractivity contribution is -0.119. The Morgan fingerprint density at radius 2 is 2.04 bits per heavy atom. The van der Waals surface area contributed by atoms with Gasteiger partial charge in [0.15, 0.2) is 5.16 Å². The zero-order valence-electron chi connectivity index (χ0n) is 15.0. The Bertz CT molecular complexity index is 521. The summed E-state index contributed by atoms with van der Waals surface area (Å²) >= 11 is 1.58. The quantitative estimate of drug-likeness (QED) is 0.750. The van der Waals surface area contributed by atoms with E-state index >= 15 is 0 Å². The minimum absolute atomic E-state index is 0.115. The van der Waals surface area contributed by atoms with Crippen molar-refractivity contribution in [2.75, 3.05) is 5.75 Å². The average Bonchev–Trinajstić information content (AvgIpc) is 2.81. The van der Waals surface area contributed by atoms with Crippen LogP contribution in [0.5, 0.6) is 0 Å². The Kier molecular flexibility index (Phi) is 7.00. The van der Waals surface area contributed by atoms with Gasteiger partial charge in [-0.25, -0.2) is 4.98 Å². The lowest BCUT2D eigenvalue weighted by atomic mass is 9.95. The zero-order chi connectivity index (χ0) is 16.8. The first-order chi connectivity index (χ1) is 11.0. The molecule has 0 bridgehead atoms. The zero-order valence-corrected chi connectivity index (χ0v) is 15.8. The van der Waals surface area contributed by atoms with Crippen LogP contribution in [0.25, 0.3) is 0 Å². The summed E-state index contributed by atoms with van der Waals surface area (Å²) in [4.78, 5) is 16.8. The fourth-order valence-corrected chi connectivity index (χ4v) is 4.39. The van der Waals surface area contributed by atoms with E-state index in [2.05, 4.69) is 37.6 Å². The van der Waals surface area contributed by atoms with E-state index in [-0.39, 0.29) is 11.9 Å². The number of carbonyl (C=O) groups excluding carboxylic acids is 1. The van der Waals surface area contributed by atoms with E-state index in [1.54, 1.807) is 11.8 Å². The molecular formula is C18H31N3OS. The number of amides is 1. The maximum atomic E-state index is 12.1. The Labute approximate surface area is 144 Å². The standard InChI is InChI=1S/C18H31N3OS/c1-5-9-13(2)19-17(22)12-23-18-20-14(3)15(4)21(18)16-10-7-6-8-11-16/h13,16H,5-12H2,1-4H3,(H,19,22). The smallest absolute Gasteiger partial charge is 0.230 e. The molecule has 1 aromatic heterocycles. The summed E-state index contributed by atoms with van der Waals surface area (Å²) in [5.74, 6) is 0.570. The number of hydrogen-bond donors (Lipinski definition) is 1. The fourth-order valence-electron chi connectivity index (χ4n) is 3.42. The van der Waals surface area contributed by atoms with E-state index in [4.69, 9.17) is 4.98 Å². The average molecular weight is 338 g/mol. The second-order valence-corrected chi connectivity index (χ2v) is 7.72.